The van der Waals surface area contributed by atoms with Gasteiger partial charge < -0.3 is 0 Å². The van der Waals surface area contributed by atoms with Gasteiger partial charge in [-0.15, -0.1) is 0 Å². The maximum absolute atomic E-state index is 11.4. The molecule has 0 radical (unpaired) electrons. The van der Waals surface area contributed by atoms with Crippen LogP contribution in [0.1, 0.15) is 6.92 Å². The molecule has 0 aromatic heterocycles. The molecule has 1 nitrogen and oxygen atoms in total. The third-order valence-corrected chi connectivity index (χ3v) is 2.28. The molecule has 0 aliphatic carbocycles. The number of hydrogen-bond donors (Lipinski definition) is 0. The van der Waals surface area contributed by atoms with Gasteiger partial charge in [0.05, 0.1) is 0 Å². The minimum absolute atomic E-state index is 1.13. The van der Waals surface area contributed by atoms with E-state index in [0.29, 0.717) is 0 Å². The molecule has 0 amide bonds. The Morgan fingerprint density at radius 1 is 1.62 bits per heavy atom. The van der Waals surface area contributed by atoms with Crippen LogP contribution >= 0.6 is 10.7 Å². The fourth-order valence-corrected chi connectivity index (χ4v) is 0.476. The highest BCUT2D eigenvalue weighted by Gasteiger charge is 2.19. The van der Waals surface area contributed by atoms with Crippen LogP contribution in [0.15, 0.2) is 0 Å². The fraction of sp³-hybridized carbons (Fsp3) is 1.00. The van der Waals surface area contributed by atoms with E-state index in [1.165, 1.54) is 0 Å². The van der Waals surface area contributed by atoms with Crippen molar-refractivity contribution in [3.63, 3.8) is 0 Å². The molecule has 0 fully saturated rings. The summed E-state index contributed by atoms with van der Waals surface area (Å²) in [6.07, 6.45) is -2.59. The minimum Gasteiger partial charge on any atom is -0.242 e. The number of halogens is 3. The molecule has 0 saturated heterocycles. The van der Waals surface area contributed by atoms with Crippen LogP contribution in [0, 0.1) is 0 Å². The van der Waals surface area contributed by atoms with Gasteiger partial charge >= 0.3 is 0 Å². The normalized spacial score (nSPS) is 18.6. The zero-order chi connectivity index (χ0) is 6.73. The smallest absolute Gasteiger partial charge is 0.242 e. The van der Waals surface area contributed by atoms with Gasteiger partial charge in [-0.3, -0.25) is 0 Å². The molecule has 0 aliphatic rings. The Morgan fingerprint density at radius 3 is 2.00 bits per heavy atom. The maximum Gasteiger partial charge on any atom is 0.253 e. The van der Waals surface area contributed by atoms with Gasteiger partial charge in [-0.25, -0.2) is 13.0 Å². The van der Waals surface area contributed by atoms with E-state index in [-0.39, 0.29) is 0 Å². The summed E-state index contributed by atoms with van der Waals surface area (Å²) in [4.78, 5) is 0. The lowest BCUT2D eigenvalue weighted by Gasteiger charge is -2.01. The summed E-state index contributed by atoms with van der Waals surface area (Å²) in [6.45, 7) is 1.13. The second-order valence-corrected chi connectivity index (χ2v) is 3.44. The molecule has 0 spiro atoms. The van der Waals surface area contributed by atoms with Crippen molar-refractivity contribution in [2.24, 2.45) is 0 Å². The number of alkyl halides is 2. The molecular weight excluding hydrogens is 158 g/mol. The van der Waals surface area contributed by atoms with Crippen LogP contribution in [0.5, 0.6) is 0 Å². The predicted octanol–water partition coefficient (Wildman–Crippen LogP) is 1.54. The Labute approximate surface area is 53.0 Å². The van der Waals surface area contributed by atoms with Crippen molar-refractivity contribution in [3.8, 4) is 0 Å². The van der Waals surface area contributed by atoms with E-state index in [4.69, 9.17) is 10.7 Å². The number of rotatable bonds is 2. The predicted molar refractivity (Wildman–Crippen MR) is 29.5 cm³/mol. The van der Waals surface area contributed by atoms with Crippen molar-refractivity contribution in [2.45, 2.75) is 18.6 Å². The quantitative estimate of drug-likeness (QED) is 0.563. The molecule has 0 saturated carbocycles. The highest BCUT2D eigenvalue weighted by molar-refractivity contribution is 8.08. The van der Waals surface area contributed by atoms with Gasteiger partial charge in [0.1, 0.15) is 15.3 Å². The molecule has 0 heterocycles. The molecule has 0 aliphatic heterocycles. The van der Waals surface area contributed by atoms with Crippen LogP contribution < -0.4 is 0 Å². The van der Waals surface area contributed by atoms with Gasteiger partial charge in [0.15, 0.2) is 0 Å². The van der Waals surface area contributed by atoms with Crippen molar-refractivity contribution in [2.75, 3.05) is 0 Å². The Morgan fingerprint density at radius 2 is 2.00 bits per heavy atom. The van der Waals surface area contributed by atoms with Gasteiger partial charge in [-0.05, 0) is 17.6 Å². The average molecular weight is 163 g/mol. The summed E-state index contributed by atoms with van der Waals surface area (Å²) in [5, 5.41) is -1.23. The maximum atomic E-state index is 11.4. The van der Waals surface area contributed by atoms with E-state index >= 15 is 0 Å². The first kappa shape index (κ1) is 8.30. The van der Waals surface area contributed by atoms with E-state index in [2.05, 4.69) is 0 Å². The molecular formula is C3H5ClF2OS. The molecule has 0 N–H and O–H groups in total. The van der Waals surface area contributed by atoms with Gasteiger partial charge in [0.25, 0.3) is 6.43 Å². The lowest BCUT2D eigenvalue weighted by molar-refractivity contribution is 0.149. The zero-order valence-corrected chi connectivity index (χ0v) is 5.68. The standard InChI is InChI=1S/C3H5ClF2OS/c1-2(3(5)6)8(4)7/h2-3H,1H3. The summed E-state index contributed by atoms with van der Waals surface area (Å²) in [5.74, 6) is 0. The highest BCUT2D eigenvalue weighted by atomic mass is 35.7. The summed E-state index contributed by atoms with van der Waals surface area (Å²) in [7, 11) is 2.90. The molecule has 0 bridgehead atoms. The third-order valence-electron chi connectivity index (χ3n) is 0.647. The highest BCUT2D eigenvalue weighted by Crippen LogP contribution is 2.09. The third kappa shape index (κ3) is 2.57. The summed E-state index contributed by atoms with van der Waals surface area (Å²) in [5.41, 5.74) is 0. The zero-order valence-electron chi connectivity index (χ0n) is 4.11. The monoisotopic (exact) mass is 162 g/mol. The van der Waals surface area contributed by atoms with E-state index in [1.54, 1.807) is 0 Å². The summed E-state index contributed by atoms with van der Waals surface area (Å²) < 4.78 is 32.8. The first-order valence-corrected chi connectivity index (χ1v) is 3.94. The molecule has 5 heteroatoms. The van der Waals surface area contributed by atoms with Crippen molar-refractivity contribution < 1.29 is 13.0 Å². The van der Waals surface area contributed by atoms with Gasteiger partial charge in [-0.1, -0.05) is 0 Å². The second kappa shape index (κ2) is 3.35. The first-order valence-electron chi connectivity index (χ1n) is 1.90. The van der Waals surface area contributed by atoms with Crippen LogP contribution in [0.25, 0.3) is 0 Å². The van der Waals surface area contributed by atoms with Gasteiger partial charge in [0, 0.05) is 0 Å². The van der Waals surface area contributed by atoms with Crippen LogP contribution in [0.2, 0.25) is 0 Å². The second-order valence-electron chi connectivity index (χ2n) is 1.29. The Hall–Kier alpha value is 0.300. The SMILES string of the molecule is CC(C(F)F)S(=O)Cl. The lowest BCUT2D eigenvalue weighted by Crippen LogP contribution is -2.15. The number of hydrogen-bond acceptors (Lipinski definition) is 1. The largest absolute Gasteiger partial charge is 0.253 e. The molecule has 0 rings (SSSR count). The van der Waals surface area contributed by atoms with Crippen molar-refractivity contribution in [1.82, 2.24) is 0 Å². The molecule has 50 valence electrons. The minimum atomic E-state index is -2.59. The van der Waals surface area contributed by atoms with E-state index in [1.807, 2.05) is 0 Å². The van der Waals surface area contributed by atoms with Crippen molar-refractivity contribution >= 4 is 20.7 Å². The van der Waals surface area contributed by atoms with Crippen LogP contribution in [-0.4, -0.2) is 15.9 Å². The molecule has 0 aromatic rings. The topological polar surface area (TPSA) is 17.1 Å². The van der Waals surface area contributed by atoms with Gasteiger partial charge in [0.2, 0.25) is 0 Å². The summed E-state index contributed by atoms with van der Waals surface area (Å²) >= 11 is 0. The molecule has 2 unspecified atom stereocenters. The van der Waals surface area contributed by atoms with E-state index in [9.17, 15) is 13.0 Å². The van der Waals surface area contributed by atoms with Crippen molar-refractivity contribution in [1.29, 1.82) is 0 Å². The molecule has 2 atom stereocenters. The van der Waals surface area contributed by atoms with Gasteiger partial charge in [-0.2, -0.15) is 0 Å². The lowest BCUT2D eigenvalue weighted by atomic mass is 10.5. The fourth-order valence-electron chi connectivity index (χ4n) is 0.0809. The Kier molecular flexibility index (Phi) is 3.48. The summed E-state index contributed by atoms with van der Waals surface area (Å²) in [6, 6.07) is 0. The Balaban J connectivity index is 3.64. The first-order chi connectivity index (χ1) is 3.55. The van der Waals surface area contributed by atoms with Crippen LogP contribution in [0.4, 0.5) is 8.78 Å². The molecule has 0 aromatic carbocycles. The van der Waals surface area contributed by atoms with Crippen LogP contribution in [-0.2, 0) is 10.0 Å². The Bertz CT molecular complexity index is 97.3. The van der Waals surface area contributed by atoms with Crippen molar-refractivity contribution in [3.05, 3.63) is 0 Å². The molecule has 8 heavy (non-hydrogen) atoms. The van der Waals surface area contributed by atoms with E-state index in [0.717, 1.165) is 6.92 Å². The van der Waals surface area contributed by atoms with E-state index < -0.39 is 21.7 Å². The van der Waals surface area contributed by atoms with Crippen LogP contribution in [0.3, 0.4) is 0 Å². The average Bonchev–Trinajstić information content (AvgIpc) is 1.64.